The second-order valence-electron chi connectivity index (χ2n) is 6.62. The maximum absolute atomic E-state index is 9.82. The van der Waals surface area contributed by atoms with Crippen LogP contribution in [0.2, 0.25) is 0 Å². The van der Waals surface area contributed by atoms with Crippen LogP contribution >= 0.6 is 0 Å². The van der Waals surface area contributed by atoms with Crippen molar-refractivity contribution < 1.29 is 18.8 Å². The van der Waals surface area contributed by atoms with E-state index in [4.69, 9.17) is 14.9 Å². The molecule has 1 aliphatic rings. The van der Waals surface area contributed by atoms with Gasteiger partial charge in [0.15, 0.2) is 0 Å². The quantitative estimate of drug-likeness (QED) is 0.546. The van der Waals surface area contributed by atoms with Crippen molar-refractivity contribution in [2.24, 2.45) is 0 Å². The molecule has 134 valence electrons. The largest absolute Gasteiger partial charge is 0.508 e. The second-order valence-corrected chi connectivity index (χ2v) is 6.62. The zero-order valence-electron chi connectivity index (χ0n) is 14.7. The van der Waals surface area contributed by atoms with Gasteiger partial charge in [0, 0.05) is 18.2 Å². The number of benzene rings is 1. The van der Waals surface area contributed by atoms with Crippen LogP contribution in [0.3, 0.4) is 0 Å². The molecule has 0 bridgehead atoms. The molecule has 26 heavy (non-hydrogen) atoms. The van der Waals surface area contributed by atoms with Crippen LogP contribution in [0.5, 0.6) is 17.4 Å². The Morgan fingerprint density at radius 2 is 2.15 bits per heavy atom. The lowest BCUT2D eigenvalue weighted by Gasteiger charge is -2.25. The molecule has 3 N–H and O–H groups in total. The standard InChI is InChI=1S/C19H20N4O3/c1-22(2)7-8-23-11-21-19-17(18(23)20)16(14-4-3-9-25-14)13-6-5-12(24)10-15(13)26-19/h3-6,9-11,16,20,24H,7-8H2,1-2H3/p+1/t16-/m0/s1. The van der Waals surface area contributed by atoms with Crippen LogP contribution < -0.4 is 15.0 Å². The van der Waals surface area contributed by atoms with E-state index in [1.165, 1.54) is 0 Å². The van der Waals surface area contributed by atoms with E-state index < -0.39 is 0 Å². The third kappa shape index (κ3) is 2.76. The molecule has 7 nitrogen and oxygen atoms in total. The van der Waals surface area contributed by atoms with Gasteiger partial charge in [-0.1, -0.05) is 11.1 Å². The molecule has 1 atom stereocenters. The Balaban J connectivity index is 1.87. The van der Waals surface area contributed by atoms with Gasteiger partial charge >= 0.3 is 5.88 Å². The number of furan rings is 1. The molecule has 0 radical (unpaired) electrons. The average Bonchev–Trinajstić information content (AvgIpc) is 3.13. The lowest BCUT2D eigenvalue weighted by molar-refractivity contribution is -0.685. The van der Waals surface area contributed by atoms with E-state index in [1.54, 1.807) is 24.7 Å². The lowest BCUT2D eigenvalue weighted by atomic mass is 9.87. The number of hydrogen-bond donors (Lipinski definition) is 2. The summed E-state index contributed by atoms with van der Waals surface area (Å²) < 4.78 is 13.5. The van der Waals surface area contributed by atoms with Gasteiger partial charge in [0.2, 0.25) is 12.1 Å². The van der Waals surface area contributed by atoms with Crippen LogP contribution in [0.15, 0.2) is 47.3 Å². The molecule has 1 aromatic carbocycles. The predicted octanol–water partition coefficient (Wildman–Crippen LogP) is 2.10. The molecular weight excluding hydrogens is 332 g/mol. The van der Waals surface area contributed by atoms with Gasteiger partial charge < -0.3 is 24.9 Å². The van der Waals surface area contributed by atoms with Crippen molar-refractivity contribution in [1.82, 2.24) is 9.88 Å². The van der Waals surface area contributed by atoms with Crippen molar-refractivity contribution in [1.29, 1.82) is 0 Å². The monoisotopic (exact) mass is 353 g/mol. The highest BCUT2D eigenvalue weighted by Gasteiger charge is 2.37. The van der Waals surface area contributed by atoms with E-state index >= 15 is 0 Å². The number of phenolic OH excluding ortho intramolecular Hbond substituents is 1. The Kier molecular flexibility index (Phi) is 4.00. The first-order valence-electron chi connectivity index (χ1n) is 8.41. The van der Waals surface area contributed by atoms with Crippen LogP contribution in [-0.2, 0) is 6.54 Å². The van der Waals surface area contributed by atoms with Gasteiger partial charge in [0.25, 0.3) is 0 Å². The molecule has 0 saturated heterocycles. The first-order valence-corrected chi connectivity index (χ1v) is 8.41. The Hall–Kier alpha value is -3.06. The third-order valence-corrected chi connectivity index (χ3v) is 4.55. The zero-order valence-corrected chi connectivity index (χ0v) is 14.7. The van der Waals surface area contributed by atoms with Crippen LogP contribution in [0, 0.1) is 0 Å². The van der Waals surface area contributed by atoms with Crippen molar-refractivity contribution in [3.05, 3.63) is 59.8 Å². The van der Waals surface area contributed by atoms with E-state index in [0.29, 0.717) is 24.0 Å². The Bertz CT molecular complexity index is 938. The Morgan fingerprint density at radius 3 is 2.88 bits per heavy atom. The zero-order chi connectivity index (χ0) is 18.3. The van der Waals surface area contributed by atoms with E-state index in [2.05, 4.69) is 9.88 Å². The molecule has 0 fully saturated rings. The average molecular weight is 353 g/mol. The van der Waals surface area contributed by atoms with Gasteiger partial charge in [-0.2, -0.15) is 0 Å². The van der Waals surface area contributed by atoms with E-state index in [1.807, 2.05) is 36.9 Å². The number of ether oxygens (including phenoxy) is 1. The smallest absolute Gasteiger partial charge is 0.306 e. The molecule has 0 aliphatic carbocycles. The van der Waals surface area contributed by atoms with Crippen LogP contribution in [0.25, 0.3) is 0 Å². The summed E-state index contributed by atoms with van der Waals surface area (Å²) in [5, 5.41) is 9.82. The van der Waals surface area contributed by atoms with E-state index in [9.17, 15) is 5.11 Å². The normalized spacial score (nSPS) is 15.4. The first-order chi connectivity index (χ1) is 12.5. The number of aromatic nitrogens is 2. The molecule has 3 aromatic rings. The molecule has 4 rings (SSSR count). The van der Waals surface area contributed by atoms with Crippen molar-refractivity contribution in [3.8, 4) is 17.4 Å². The fraction of sp³-hybridized carbons (Fsp3) is 0.263. The summed E-state index contributed by atoms with van der Waals surface area (Å²) in [6.45, 7) is 1.55. The van der Waals surface area contributed by atoms with Gasteiger partial charge in [0.05, 0.1) is 18.7 Å². The highest BCUT2D eigenvalue weighted by atomic mass is 16.5. The van der Waals surface area contributed by atoms with Gasteiger partial charge in [0.1, 0.15) is 22.8 Å². The number of hydrogen-bond acceptors (Lipinski definition) is 6. The summed E-state index contributed by atoms with van der Waals surface area (Å²) in [7, 11) is 4.03. The summed E-state index contributed by atoms with van der Waals surface area (Å²) in [6, 6.07) is 8.80. The molecule has 1 aliphatic heterocycles. The number of anilines is 1. The summed E-state index contributed by atoms with van der Waals surface area (Å²) >= 11 is 0. The number of phenols is 1. The molecule has 0 saturated carbocycles. The summed E-state index contributed by atoms with van der Waals surface area (Å²) in [5.41, 5.74) is 8.16. The lowest BCUT2D eigenvalue weighted by Crippen LogP contribution is -2.43. The Labute approximate surface area is 151 Å². The topological polar surface area (TPSA) is 88.6 Å². The van der Waals surface area contributed by atoms with Crippen molar-refractivity contribution in [3.63, 3.8) is 0 Å². The van der Waals surface area contributed by atoms with Crippen LogP contribution in [0.1, 0.15) is 22.8 Å². The molecule has 3 heterocycles. The number of nitrogens with two attached hydrogens (primary N) is 1. The first kappa shape index (κ1) is 16.4. The maximum atomic E-state index is 9.82. The molecule has 0 amide bonds. The molecule has 2 aromatic heterocycles. The number of likely N-dealkylation sites (N-methyl/N-ethyl adjacent to an activating group) is 1. The molecule has 7 heteroatoms. The van der Waals surface area contributed by atoms with Gasteiger partial charge in [-0.05, 0) is 32.3 Å². The van der Waals surface area contributed by atoms with Crippen LogP contribution in [-0.4, -0.2) is 35.6 Å². The third-order valence-electron chi connectivity index (χ3n) is 4.55. The number of fused-ring (bicyclic) bond motifs is 2. The van der Waals surface area contributed by atoms with Gasteiger partial charge in [-0.25, -0.2) is 4.57 Å². The van der Waals surface area contributed by atoms with E-state index in [-0.39, 0.29) is 11.7 Å². The number of aromatic hydroxyl groups is 1. The van der Waals surface area contributed by atoms with Gasteiger partial charge in [-0.3, -0.25) is 0 Å². The van der Waals surface area contributed by atoms with Gasteiger partial charge in [-0.15, -0.1) is 0 Å². The summed E-state index contributed by atoms with van der Waals surface area (Å²) in [6.07, 6.45) is 3.32. The SMILES string of the molecule is CN(C)CC[n+]1cnc2c(c1N)[C@H](c1ccco1)c1ccc(O)cc1O2. The number of nitrogens with zero attached hydrogens (tertiary/aromatic N) is 3. The maximum Gasteiger partial charge on any atom is 0.306 e. The number of nitrogen functional groups attached to an aromatic ring is 1. The van der Waals surface area contributed by atoms with Crippen molar-refractivity contribution in [2.75, 3.05) is 26.4 Å². The summed E-state index contributed by atoms with van der Waals surface area (Å²) in [4.78, 5) is 6.55. The fourth-order valence-electron chi connectivity index (χ4n) is 3.22. The Morgan fingerprint density at radius 1 is 1.31 bits per heavy atom. The highest BCUT2D eigenvalue weighted by molar-refractivity contribution is 5.60. The molecule has 0 unspecified atom stereocenters. The van der Waals surface area contributed by atoms with Crippen molar-refractivity contribution >= 4 is 5.82 Å². The molecular formula is C19H21N4O3+. The second kappa shape index (κ2) is 6.34. The molecule has 0 spiro atoms. The van der Waals surface area contributed by atoms with E-state index in [0.717, 1.165) is 23.4 Å². The number of rotatable bonds is 4. The minimum Gasteiger partial charge on any atom is -0.508 e. The fourth-order valence-corrected chi connectivity index (χ4v) is 3.22. The summed E-state index contributed by atoms with van der Waals surface area (Å²) in [5.74, 6) is 2.22. The van der Waals surface area contributed by atoms with Crippen molar-refractivity contribution in [2.45, 2.75) is 12.5 Å². The highest BCUT2D eigenvalue weighted by Crippen LogP contribution is 2.48. The van der Waals surface area contributed by atoms with Crippen LogP contribution in [0.4, 0.5) is 5.82 Å². The minimum absolute atomic E-state index is 0.135. The predicted molar refractivity (Wildman–Crippen MR) is 95.2 cm³/mol. The minimum atomic E-state index is -0.247.